The Morgan fingerprint density at radius 3 is 2.77 bits per heavy atom. The molecule has 9 nitrogen and oxygen atoms in total. The van der Waals surface area contributed by atoms with Crippen LogP contribution in [-0.2, 0) is 4.84 Å². The van der Waals surface area contributed by atoms with Crippen LogP contribution >= 0.6 is 11.5 Å². The summed E-state index contributed by atoms with van der Waals surface area (Å²) in [6.45, 7) is 0.773. The maximum absolute atomic E-state index is 15.5. The molecule has 2 aromatic heterocycles. The number of hydrogen-bond acceptors (Lipinski definition) is 8. The lowest BCUT2D eigenvalue weighted by molar-refractivity contribution is 0.110. The highest BCUT2D eigenvalue weighted by Crippen LogP contribution is 2.46. The summed E-state index contributed by atoms with van der Waals surface area (Å²) in [7, 11) is 2.95. The number of hydroxylamine groups is 1. The summed E-state index contributed by atoms with van der Waals surface area (Å²) in [5, 5.41) is 0.199. The highest BCUT2D eigenvalue weighted by Gasteiger charge is 2.34. The number of nitrogens with one attached hydrogen (secondary N) is 2. The van der Waals surface area contributed by atoms with E-state index in [4.69, 9.17) is 15.3 Å². The maximum atomic E-state index is 15.5. The first kappa shape index (κ1) is 20.0. The number of methoxy groups -OCH3 is 1. The van der Waals surface area contributed by atoms with E-state index in [0.717, 1.165) is 30.1 Å². The van der Waals surface area contributed by atoms with E-state index in [-0.39, 0.29) is 34.2 Å². The zero-order valence-corrected chi connectivity index (χ0v) is 17.8. The van der Waals surface area contributed by atoms with Crippen LogP contribution in [0.3, 0.4) is 0 Å². The summed E-state index contributed by atoms with van der Waals surface area (Å²) in [6.07, 6.45) is 3.56. The lowest BCUT2D eigenvalue weighted by atomic mass is 10.1. The number of hydrogen-bond donors (Lipinski definition) is 3. The quantitative estimate of drug-likeness (QED) is 0.494. The Morgan fingerprint density at radius 2 is 2.13 bits per heavy atom. The van der Waals surface area contributed by atoms with Gasteiger partial charge in [-0.2, -0.15) is 0 Å². The van der Waals surface area contributed by atoms with E-state index < -0.39 is 16.8 Å². The molecule has 1 atom stereocenters. The molecule has 2 aliphatic rings. The molecule has 1 aromatic carbocycles. The van der Waals surface area contributed by atoms with Crippen molar-refractivity contribution >= 4 is 38.3 Å². The number of benzene rings is 1. The van der Waals surface area contributed by atoms with Gasteiger partial charge in [-0.3, -0.25) is 24.3 Å². The van der Waals surface area contributed by atoms with Gasteiger partial charge in [-0.25, -0.2) is 4.39 Å². The van der Waals surface area contributed by atoms with Crippen LogP contribution in [0.15, 0.2) is 27.6 Å². The van der Waals surface area contributed by atoms with Crippen LogP contribution in [0.1, 0.15) is 18.9 Å². The monoisotopic (exact) mass is 447 g/mol. The van der Waals surface area contributed by atoms with Crippen LogP contribution in [-0.4, -0.2) is 36.2 Å². The van der Waals surface area contributed by atoms with Gasteiger partial charge in [0.2, 0.25) is 5.43 Å². The minimum absolute atomic E-state index is 0.0643. The molecule has 31 heavy (non-hydrogen) atoms. The molecular weight excluding hydrogens is 425 g/mol. The van der Waals surface area contributed by atoms with Crippen LogP contribution in [0, 0.1) is 11.7 Å². The summed E-state index contributed by atoms with van der Waals surface area (Å²) in [6, 6.07) is 1.33. The van der Waals surface area contributed by atoms with Crippen molar-refractivity contribution in [2.24, 2.45) is 11.7 Å². The number of ether oxygens (including phenoxy) is 1. The largest absolute Gasteiger partial charge is 0.492 e. The van der Waals surface area contributed by atoms with Gasteiger partial charge in [-0.15, -0.1) is 0 Å². The van der Waals surface area contributed by atoms with Gasteiger partial charge in [-0.05, 0) is 30.4 Å². The average Bonchev–Trinajstić information content (AvgIpc) is 3.40. The molecule has 0 radical (unpaired) electrons. The number of anilines is 1. The predicted molar refractivity (Wildman–Crippen MR) is 117 cm³/mol. The molecule has 1 aliphatic heterocycles. The van der Waals surface area contributed by atoms with Gasteiger partial charge in [-0.1, -0.05) is 0 Å². The topological polar surface area (TPSA) is 115 Å². The lowest BCUT2D eigenvalue weighted by Gasteiger charge is -2.23. The van der Waals surface area contributed by atoms with Gasteiger partial charge in [0.15, 0.2) is 11.6 Å². The zero-order valence-electron chi connectivity index (χ0n) is 17.0. The lowest BCUT2D eigenvalue weighted by Crippen LogP contribution is -2.27. The van der Waals surface area contributed by atoms with Gasteiger partial charge in [0, 0.05) is 31.2 Å². The molecule has 1 fully saturated rings. The minimum Gasteiger partial charge on any atom is -0.492 e. The fourth-order valence-electron chi connectivity index (χ4n) is 4.31. The Labute approximate surface area is 179 Å². The first-order valence-corrected chi connectivity index (χ1v) is 10.7. The summed E-state index contributed by atoms with van der Waals surface area (Å²) in [4.78, 5) is 32.7. The number of fused-ring (bicyclic) bond motifs is 2. The number of pyridine rings is 1. The highest BCUT2D eigenvalue weighted by atomic mass is 32.1. The van der Waals surface area contributed by atoms with Crippen molar-refractivity contribution in [1.82, 2.24) is 14.4 Å². The van der Waals surface area contributed by atoms with E-state index >= 15 is 4.39 Å². The van der Waals surface area contributed by atoms with Gasteiger partial charge in [0.25, 0.3) is 5.56 Å². The molecule has 1 saturated carbocycles. The molecule has 1 unspecified atom stereocenters. The Kier molecular flexibility index (Phi) is 4.76. The fraction of sp³-hybridized carbons (Fsp3) is 0.400. The number of H-pyrrole nitrogens is 1. The van der Waals surface area contributed by atoms with E-state index in [0.29, 0.717) is 23.4 Å². The van der Waals surface area contributed by atoms with Gasteiger partial charge in [0.1, 0.15) is 15.9 Å². The van der Waals surface area contributed by atoms with Crippen molar-refractivity contribution in [3.63, 3.8) is 0 Å². The normalized spacial score (nSPS) is 18.8. The van der Waals surface area contributed by atoms with Crippen molar-refractivity contribution in [3.05, 3.63) is 44.4 Å². The Morgan fingerprint density at radius 1 is 1.35 bits per heavy atom. The second-order valence-electron chi connectivity index (χ2n) is 7.76. The SMILES string of the molecule is CONC1=CN(c2c(F)cc3c(=O)c4c(=O)[nH]sc4n(C4CC4)c3c2OC)CC1CN. The summed E-state index contributed by atoms with van der Waals surface area (Å²) >= 11 is 1.12. The van der Waals surface area contributed by atoms with Crippen LogP contribution in [0.5, 0.6) is 5.75 Å². The van der Waals surface area contributed by atoms with E-state index in [2.05, 4.69) is 9.85 Å². The predicted octanol–water partition coefficient (Wildman–Crippen LogP) is 1.77. The van der Waals surface area contributed by atoms with E-state index in [1.165, 1.54) is 20.3 Å². The first-order valence-electron chi connectivity index (χ1n) is 9.93. The van der Waals surface area contributed by atoms with E-state index in [9.17, 15) is 9.59 Å². The van der Waals surface area contributed by atoms with Crippen LogP contribution < -0.4 is 31.8 Å². The molecule has 3 aromatic rings. The van der Waals surface area contributed by atoms with Crippen molar-refractivity contribution in [2.75, 3.05) is 32.2 Å². The summed E-state index contributed by atoms with van der Waals surface area (Å²) in [5.74, 6) is -0.435. The summed E-state index contributed by atoms with van der Waals surface area (Å²) in [5.41, 5.74) is 9.19. The number of nitrogens with zero attached hydrogens (tertiary/aromatic N) is 2. The molecule has 0 spiro atoms. The number of rotatable bonds is 6. The van der Waals surface area contributed by atoms with E-state index in [1.54, 1.807) is 11.1 Å². The molecule has 164 valence electrons. The first-order chi connectivity index (χ1) is 15.0. The van der Waals surface area contributed by atoms with Crippen molar-refractivity contribution in [1.29, 1.82) is 0 Å². The second-order valence-corrected chi connectivity index (χ2v) is 8.55. The van der Waals surface area contributed by atoms with Crippen LogP contribution in [0.2, 0.25) is 0 Å². The average molecular weight is 447 g/mol. The molecule has 11 heteroatoms. The maximum Gasteiger partial charge on any atom is 0.271 e. The van der Waals surface area contributed by atoms with Crippen LogP contribution in [0.25, 0.3) is 21.1 Å². The number of aromatic nitrogens is 2. The molecule has 1 aliphatic carbocycles. The third-order valence-electron chi connectivity index (χ3n) is 5.85. The minimum atomic E-state index is -0.611. The van der Waals surface area contributed by atoms with Gasteiger partial charge < -0.3 is 19.9 Å². The molecule has 5 rings (SSSR count). The van der Waals surface area contributed by atoms with Crippen molar-refractivity contribution < 1.29 is 14.0 Å². The van der Waals surface area contributed by atoms with Crippen LogP contribution in [0.4, 0.5) is 10.1 Å². The second kappa shape index (κ2) is 7.36. The Bertz CT molecular complexity index is 1340. The smallest absolute Gasteiger partial charge is 0.271 e. The van der Waals surface area contributed by atoms with Crippen molar-refractivity contribution in [2.45, 2.75) is 18.9 Å². The van der Waals surface area contributed by atoms with Gasteiger partial charge in [0.05, 0.1) is 30.8 Å². The molecule has 4 N–H and O–H groups in total. The molecule has 3 heterocycles. The third-order valence-corrected chi connectivity index (χ3v) is 6.74. The Hall–Kier alpha value is -2.89. The highest BCUT2D eigenvalue weighted by molar-refractivity contribution is 7.12. The number of nitrogens with two attached hydrogens (primary N) is 1. The van der Waals surface area contributed by atoms with E-state index in [1.807, 2.05) is 4.57 Å². The summed E-state index contributed by atoms with van der Waals surface area (Å²) < 4.78 is 25.8. The zero-order chi connectivity index (χ0) is 21.9. The fourth-order valence-corrected chi connectivity index (χ4v) is 5.22. The molecule has 0 bridgehead atoms. The van der Waals surface area contributed by atoms with Gasteiger partial charge >= 0.3 is 0 Å². The molecular formula is C20H22FN5O4S. The third kappa shape index (κ3) is 2.95. The number of aromatic amines is 1. The molecule has 0 saturated heterocycles. The number of halogens is 1. The standard InChI is InChI=1S/C20H22FN5O4S/c1-29-18-15-11(17(27)14-19(28)24-31-20(14)26(15)10-3-4-10)5-12(21)16(18)25-7-9(6-22)13(8-25)23-30-2/h5,8-10,23H,3-4,6-7,22H2,1-2H3,(H,24,28). The van der Waals surface area contributed by atoms with Crippen molar-refractivity contribution in [3.8, 4) is 5.75 Å². The Balaban J connectivity index is 1.83. The molecule has 0 amide bonds.